The van der Waals surface area contributed by atoms with E-state index in [0.717, 1.165) is 12.8 Å². The lowest BCUT2D eigenvalue weighted by Crippen LogP contribution is -2.36. The number of carboxylic acid groups (broad SMARTS) is 1. The van der Waals surface area contributed by atoms with Crippen LogP contribution in [0.4, 0.5) is 0 Å². The van der Waals surface area contributed by atoms with Crippen LogP contribution in [0.2, 0.25) is 0 Å². The summed E-state index contributed by atoms with van der Waals surface area (Å²) >= 11 is 0. The molecule has 0 aromatic heterocycles. The Bertz CT molecular complexity index is 324. The molecular weight excluding hydrogens is 224 g/mol. The maximum Gasteiger partial charge on any atom is 0.332 e. The monoisotopic (exact) mass is 240 g/mol. The first-order valence-corrected chi connectivity index (χ1v) is 5.68. The van der Waals surface area contributed by atoms with Crippen molar-refractivity contribution in [2.75, 3.05) is 6.54 Å². The van der Waals surface area contributed by atoms with Gasteiger partial charge >= 0.3 is 5.97 Å². The van der Waals surface area contributed by atoms with Crippen molar-refractivity contribution < 1.29 is 19.4 Å². The van der Waals surface area contributed by atoms with Gasteiger partial charge in [-0.3, -0.25) is 4.79 Å². The third-order valence-electron chi connectivity index (χ3n) is 2.60. The molecule has 0 spiro atoms. The normalized spacial score (nSPS) is 23.0. The van der Waals surface area contributed by atoms with Crippen LogP contribution in [0, 0.1) is 11.3 Å². The highest BCUT2D eigenvalue weighted by atomic mass is 16.5. The Balaban J connectivity index is 2.17. The second-order valence-corrected chi connectivity index (χ2v) is 3.94. The zero-order valence-corrected chi connectivity index (χ0v) is 9.52. The van der Waals surface area contributed by atoms with Crippen LogP contribution in [-0.2, 0) is 14.3 Å². The Kier molecular flexibility index (Phi) is 5.43. The van der Waals surface area contributed by atoms with E-state index in [1.54, 1.807) is 0 Å². The number of ether oxygens (including phenoxy) is 1. The summed E-state index contributed by atoms with van der Waals surface area (Å²) in [5.41, 5.74) is 0. The molecule has 2 atom stereocenters. The van der Waals surface area contributed by atoms with E-state index in [4.69, 9.17) is 15.1 Å². The molecule has 0 aromatic rings. The summed E-state index contributed by atoms with van der Waals surface area (Å²) in [6.07, 6.45) is 1.30. The number of hydrogen-bond acceptors (Lipinski definition) is 4. The molecule has 0 radical (unpaired) electrons. The number of amides is 1. The van der Waals surface area contributed by atoms with E-state index in [1.807, 2.05) is 6.07 Å². The average Bonchev–Trinajstić information content (AvgIpc) is 2.78. The molecule has 6 nitrogen and oxygen atoms in total. The number of carboxylic acids is 1. The molecule has 0 bridgehead atoms. The first-order valence-electron chi connectivity index (χ1n) is 5.68. The zero-order valence-electron chi connectivity index (χ0n) is 9.52. The minimum Gasteiger partial charge on any atom is -0.479 e. The van der Waals surface area contributed by atoms with Gasteiger partial charge in [-0.25, -0.2) is 4.79 Å². The molecule has 1 amide bonds. The van der Waals surface area contributed by atoms with Gasteiger partial charge in [-0.05, 0) is 25.7 Å². The average molecular weight is 240 g/mol. The largest absolute Gasteiger partial charge is 0.479 e. The standard InChI is InChI=1S/C11H16N2O4/c12-6-2-1-3-7-13-10(14)8-4-5-9(17-8)11(15)16/h8-9H,1-5,7H2,(H,13,14)(H,15,16)/t8-,9+/m0/s1. The third kappa shape index (κ3) is 4.41. The van der Waals surface area contributed by atoms with Gasteiger partial charge in [-0.15, -0.1) is 0 Å². The summed E-state index contributed by atoms with van der Waals surface area (Å²) in [6.45, 7) is 0.498. The summed E-state index contributed by atoms with van der Waals surface area (Å²) in [4.78, 5) is 22.2. The van der Waals surface area contributed by atoms with Gasteiger partial charge in [0.15, 0.2) is 6.10 Å². The van der Waals surface area contributed by atoms with Gasteiger partial charge in [-0.2, -0.15) is 5.26 Å². The molecule has 0 aromatic carbocycles. The van der Waals surface area contributed by atoms with E-state index in [2.05, 4.69) is 5.32 Å². The highest BCUT2D eigenvalue weighted by Gasteiger charge is 2.34. The Morgan fingerprint density at radius 3 is 2.65 bits per heavy atom. The number of unbranched alkanes of at least 4 members (excludes halogenated alkanes) is 2. The molecule has 1 aliphatic rings. The summed E-state index contributed by atoms with van der Waals surface area (Å²) in [7, 11) is 0. The SMILES string of the molecule is N#CCCCCNC(=O)[C@@H]1CC[C@H](C(=O)O)O1. The van der Waals surface area contributed by atoms with E-state index < -0.39 is 18.2 Å². The number of nitrogens with one attached hydrogen (secondary N) is 1. The Hall–Kier alpha value is -1.61. The van der Waals surface area contributed by atoms with Crippen LogP contribution in [0.1, 0.15) is 32.1 Å². The van der Waals surface area contributed by atoms with Crippen molar-refractivity contribution >= 4 is 11.9 Å². The first kappa shape index (κ1) is 13.5. The number of nitriles is 1. The first-order chi connectivity index (χ1) is 8.15. The Labute approximate surface area is 99.6 Å². The van der Waals surface area contributed by atoms with Crippen LogP contribution >= 0.6 is 0 Å². The molecule has 1 saturated heterocycles. The highest BCUT2D eigenvalue weighted by molar-refractivity contribution is 5.82. The van der Waals surface area contributed by atoms with E-state index in [1.165, 1.54) is 0 Å². The predicted molar refractivity (Wildman–Crippen MR) is 58.0 cm³/mol. The summed E-state index contributed by atoms with van der Waals surface area (Å²) in [6, 6.07) is 2.03. The molecule has 0 saturated carbocycles. The van der Waals surface area contributed by atoms with Crippen LogP contribution in [0.25, 0.3) is 0 Å². The van der Waals surface area contributed by atoms with Gasteiger partial charge in [0.2, 0.25) is 5.91 Å². The van der Waals surface area contributed by atoms with Crippen molar-refractivity contribution in [3.05, 3.63) is 0 Å². The van der Waals surface area contributed by atoms with Crippen LogP contribution in [0.15, 0.2) is 0 Å². The van der Waals surface area contributed by atoms with Crippen molar-refractivity contribution in [2.24, 2.45) is 0 Å². The van der Waals surface area contributed by atoms with Crippen molar-refractivity contribution in [3.8, 4) is 6.07 Å². The topological polar surface area (TPSA) is 99.4 Å². The molecule has 1 fully saturated rings. The second-order valence-electron chi connectivity index (χ2n) is 3.94. The van der Waals surface area contributed by atoms with Crippen LogP contribution in [0.5, 0.6) is 0 Å². The zero-order chi connectivity index (χ0) is 12.7. The van der Waals surface area contributed by atoms with Crippen LogP contribution in [0.3, 0.4) is 0 Å². The van der Waals surface area contributed by atoms with E-state index >= 15 is 0 Å². The van der Waals surface area contributed by atoms with Gasteiger partial charge in [-0.1, -0.05) is 0 Å². The maximum atomic E-state index is 11.6. The van der Waals surface area contributed by atoms with E-state index in [9.17, 15) is 9.59 Å². The van der Waals surface area contributed by atoms with Crippen LogP contribution < -0.4 is 5.32 Å². The number of hydrogen-bond donors (Lipinski definition) is 2. The molecule has 1 rings (SSSR count). The van der Waals surface area contributed by atoms with Gasteiger partial charge in [0.1, 0.15) is 6.10 Å². The predicted octanol–water partition coefficient (Wildman–Crippen LogP) is 0.429. The molecule has 94 valence electrons. The lowest BCUT2D eigenvalue weighted by molar-refractivity contribution is -0.151. The smallest absolute Gasteiger partial charge is 0.332 e. The second kappa shape index (κ2) is 6.86. The van der Waals surface area contributed by atoms with Gasteiger partial charge in [0, 0.05) is 13.0 Å². The minimum absolute atomic E-state index is 0.259. The summed E-state index contributed by atoms with van der Waals surface area (Å²) in [5, 5.41) is 19.7. The number of rotatable bonds is 6. The quantitative estimate of drug-likeness (QED) is 0.656. The molecule has 2 N–H and O–H groups in total. The molecular formula is C11H16N2O4. The fraction of sp³-hybridized carbons (Fsp3) is 0.727. The summed E-state index contributed by atoms with van der Waals surface area (Å²) < 4.78 is 5.10. The van der Waals surface area contributed by atoms with E-state index in [-0.39, 0.29) is 5.91 Å². The number of carbonyl (C=O) groups is 2. The van der Waals surface area contributed by atoms with Gasteiger partial charge < -0.3 is 15.2 Å². The van der Waals surface area contributed by atoms with Crippen molar-refractivity contribution in [3.63, 3.8) is 0 Å². The Morgan fingerprint density at radius 1 is 1.35 bits per heavy atom. The fourth-order valence-electron chi connectivity index (χ4n) is 1.67. The summed E-state index contributed by atoms with van der Waals surface area (Å²) in [5.74, 6) is -1.28. The van der Waals surface area contributed by atoms with Crippen molar-refractivity contribution in [1.29, 1.82) is 5.26 Å². The highest BCUT2D eigenvalue weighted by Crippen LogP contribution is 2.19. The van der Waals surface area contributed by atoms with Crippen molar-refractivity contribution in [1.82, 2.24) is 5.32 Å². The molecule has 1 aliphatic heterocycles. The van der Waals surface area contributed by atoms with Gasteiger partial charge in [0.05, 0.1) is 6.07 Å². The molecule has 17 heavy (non-hydrogen) atoms. The third-order valence-corrected chi connectivity index (χ3v) is 2.60. The fourth-order valence-corrected chi connectivity index (χ4v) is 1.67. The molecule has 6 heteroatoms. The lowest BCUT2D eigenvalue weighted by atomic mass is 10.2. The maximum absolute atomic E-state index is 11.6. The van der Waals surface area contributed by atoms with Crippen molar-refractivity contribution in [2.45, 2.75) is 44.3 Å². The lowest BCUT2D eigenvalue weighted by Gasteiger charge is -2.11. The Morgan fingerprint density at radius 2 is 2.06 bits per heavy atom. The van der Waals surface area contributed by atoms with Gasteiger partial charge in [0.25, 0.3) is 0 Å². The number of aliphatic carboxylic acids is 1. The van der Waals surface area contributed by atoms with Crippen LogP contribution in [-0.4, -0.2) is 35.7 Å². The number of carbonyl (C=O) groups excluding carboxylic acids is 1. The molecule has 1 heterocycles. The van der Waals surface area contributed by atoms with E-state index in [0.29, 0.717) is 25.8 Å². The number of nitrogens with zero attached hydrogens (tertiary/aromatic N) is 1. The molecule has 0 aliphatic carbocycles. The minimum atomic E-state index is -1.02. The molecule has 0 unspecified atom stereocenters.